The number of nitrogens with one attached hydrogen (secondary N) is 1. The molecule has 5 aromatic rings. The molecule has 0 amide bonds. The number of aryl methyl sites for hydroxylation is 1. The van der Waals surface area contributed by atoms with Crippen LogP contribution in [0, 0.1) is 0 Å². The van der Waals surface area contributed by atoms with Crippen LogP contribution in [0.3, 0.4) is 0 Å². The number of imidazole rings is 1. The van der Waals surface area contributed by atoms with Crippen LogP contribution in [0.5, 0.6) is 0 Å². The van der Waals surface area contributed by atoms with Gasteiger partial charge in [-0.15, -0.1) is 5.10 Å². The molecular formula is C28H26ClN7O2. The number of Topliss-reactive ketones (excluding diaryl/α,β-unsaturated/α-hetero) is 1. The van der Waals surface area contributed by atoms with Crippen molar-refractivity contribution >= 4 is 17.4 Å². The summed E-state index contributed by atoms with van der Waals surface area (Å²) in [6.45, 7) is 3.97. The normalized spacial score (nSPS) is 11.1. The maximum absolute atomic E-state index is 13.7. The summed E-state index contributed by atoms with van der Waals surface area (Å²) in [4.78, 5) is 30.5. The Balaban J connectivity index is 1.51. The summed E-state index contributed by atoms with van der Waals surface area (Å²) < 4.78 is 3.26. The molecule has 3 aromatic heterocycles. The van der Waals surface area contributed by atoms with E-state index in [4.69, 9.17) is 11.6 Å². The Bertz CT molecular complexity index is 1640. The van der Waals surface area contributed by atoms with Crippen molar-refractivity contribution < 1.29 is 4.79 Å². The van der Waals surface area contributed by atoms with Crippen molar-refractivity contribution in [3.05, 3.63) is 99.3 Å². The van der Waals surface area contributed by atoms with Gasteiger partial charge in [0, 0.05) is 34.8 Å². The molecule has 1 N–H and O–H groups in total. The Morgan fingerprint density at radius 3 is 2.61 bits per heavy atom. The number of carbonyl (C=O) groups excluding carboxylic acids is 1. The maximum Gasteiger partial charge on any atom is 0.333 e. The van der Waals surface area contributed by atoms with Crippen LogP contribution in [-0.4, -0.2) is 40.5 Å². The summed E-state index contributed by atoms with van der Waals surface area (Å²) in [5.41, 5.74) is 4.89. The Morgan fingerprint density at radius 1 is 1.08 bits per heavy atom. The number of aromatic amines is 1. The van der Waals surface area contributed by atoms with E-state index in [2.05, 4.69) is 32.5 Å². The second-order valence-electron chi connectivity index (χ2n) is 9.00. The third-order valence-electron chi connectivity index (χ3n) is 6.43. The van der Waals surface area contributed by atoms with Gasteiger partial charge in [0.1, 0.15) is 0 Å². The number of ketones is 1. The van der Waals surface area contributed by atoms with E-state index in [0.29, 0.717) is 28.6 Å². The van der Waals surface area contributed by atoms with Crippen LogP contribution in [-0.2, 0) is 13.0 Å². The van der Waals surface area contributed by atoms with E-state index in [1.165, 1.54) is 11.5 Å². The van der Waals surface area contributed by atoms with Crippen molar-refractivity contribution in [3.8, 4) is 28.3 Å². The van der Waals surface area contributed by atoms with Crippen LogP contribution >= 0.6 is 11.6 Å². The van der Waals surface area contributed by atoms with Crippen LogP contribution in [0.4, 0.5) is 0 Å². The van der Waals surface area contributed by atoms with Gasteiger partial charge in [0.2, 0.25) is 0 Å². The zero-order valence-electron chi connectivity index (χ0n) is 21.1. The molecule has 0 atom stereocenters. The van der Waals surface area contributed by atoms with E-state index in [9.17, 15) is 9.59 Å². The molecule has 2 aromatic carbocycles. The lowest BCUT2D eigenvalue weighted by molar-refractivity contribution is 0.101. The van der Waals surface area contributed by atoms with E-state index >= 15 is 0 Å². The molecule has 0 aliphatic heterocycles. The number of unbranched alkanes of at least 4 members (excludes halogenated alkanes) is 1. The van der Waals surface area contributed by atoms with Gasteiger partial charge in [-0.05, 0) is 60.0 Å². The van der Waals surface area contributed by atoms with Crippen LogP contribution in [0.1, 0.15) is 48.3 Å². The van der Waals surface area contributed by atoms with Crippen LogP contribution in [0.2, 0.25) is 5.02 Å². The fraction of sp³-hybridized carbons (Fsp3) is 0.214. The lowest BCUT2D eigenvalue weighted by atomic mass is 10.0. The SMILES string of the molecule is CCCCc1cn(-c2c(Cl)cccc2C(C)=O)c(=O)n1Cc1ccc(-c2ncccc2-c2nnn[nH]2)cc1. The number of tetrazole rings is 1. The first-order valence-corrected chi connectivity index (χ1v) is 12.7. The third-order valence-corrected chi connectivity index (χ3v) is 6.74. The second kappa shape index (κ2) is 10.9. The van der Waals surface area contributed by atoms with Crippen molar-refractivity contribution in [2.45, 2.75) is 39.7 Å². The Kier molecular flexibility index (Phi) is 7.28. The standard InChI is InChI=1S/C28H26ClN7O2/c1-3-4-7-21-17-36(26-22(18(2)37)8-5-10-24(26)29)28(38)35(21)16-19-11-13-20(14-12-19)25-23(9-6-15-30-25)27-31-33-34-32-27/h5-6,8-15,17H,3-4,7,16H2,1-2H3,(H,31,32,33,34). The summed E-state index contributed by atoms with van der Waals surface area (Å²) in [7, 11) is 0. The quantitative estimate of drug-likeness (QED) is 0.266. The topological polar surface area (TPSA) is 111 Å². The molecule has 3 heterocycles. The fourth-order valence-corrected chi connectivity index (χ4v) is 4.77. The molecule has 0 saturated carbocycles. The maximum atomic E-state index is 13.7. The molecule has 9 nitrogen and oxygen atoms in total. The highest BCUT2D eigenvalue weighted by Crippen LogP contribution is 2.28. The summed E-state index contributed by atoms with van der Waals surface area (Å²) in [6.07, 6.45) is 6.20. The van der Waals surface area contributed by atoms with Gasteiger partial charge < -0.3 is 0 Å². The summed E-state index contributed by atoms with van der Waals surface area (Å²) >= 11 is 6.49. The number of para-hydroxylation sites is 1. The highest BCUT2D eigenvalue weighted by Gasteiger charge is 2.19. The largest absolute Gasteiger partial charge is 0.333 e. The van der Waals surface area contributed by atoms with Crippen LogP contribution in [0.15, 0.2) is 71.8 Å². The number of nitrogens with zero attached hydrogens (tertiary/aromatic N) is 6. The molecule has 0 unspecified atom stereocenters. The number of hydrogen-bond acceptors (Lipinski definition) is 6. The molecule has 38 heavy (non-hydrogen) atoms. The summed E-state index contributed by atoms with van der Waals surface area (Å²) in [6, 6.07) is 16.8. The zero-order chi connectivity index (χ0) is 26.6. The molecule has 192 valence electrons. The Morgan fingerprint density at radius 2 is 1.89 bits per heavy atom. The van der Waals surface area contributed by atoms with Gasteiger partial charge in [-0.3, -0.25) is 18.9 Å². The van der Waals surface area contributed by atoms with Gasteiger partial charge in [0.05, 0.1) is 22.9 Å². The molecule has 0 spiro atoms. The number of rotatable bonds is 9. The lowest BCUT2D eigenvalue weighted by Gasteiger charge is -2.10. The predicted molar refractivity (Wildman–Crippen MR) is 146 cm³/mol. The van der Waals surface area contributed by atoms with Gasteiger partial charge >= 0.3 is 5.69 Å². The van der Waals surface area contributed by atoms with Crippen LogP contribution < -0.4 is 5.69 Å². The van der Waals surface area contributed by atoms with E-state index < -0.39 is 0 Å². The van der Waals surface area contributed by atoms with Crippen molar-refractivity contribution in [3.63, 3.8) is 0 Å². The first-order valence-electron chi connectivity index (χ1n) is 12.4. The zero-order valence-corrected chi connectivity index (χ0v) is 21.8. The minimum atomic E-state index is -0.236. The van der Waals surface area contributed by atoms with Gasteiger partial charge in [0.25, 0.3) is 0 Å². The second-order valence-corrected chi connectivity index (χ2v) is 9.41. The van der Waals surface area contributed by atoms with Gasteiger partial charge in [-0.25, -0.2) is 9.89 Å². The van der Waals surface area contributed by atoms with E-state index in [1.807, 2.05) is 42.6 Å². The molecule has 0 saturated heterocycles. The molecule has 0 radical (unpaired) electrons. The average Bonchev–Trinajstić information content (AvgIpc) is 3.57. The van der Waals surface area contributed by atoms with Crippen molar-refractivity contribution in [2.75, 3.05) is 0 Å². The third kappa shape index (κ3) is 4.92. The monoisotopic (exact) mass is 527 g/mol. The first-order chi connectivity index (χ1) is 18.5. The van der Waals surface area contributed by atoms with Gasteiger partial charge in [0.15, 0.2) is 11.6 Å². The highest BCUT2D eigenvalue weighted by atomic mass is 35.5. The minimum absolute atomic E-state index is 0.150. The predicted octanol–water partition coefficient (Wildman–Crippen LogP) is 5.13. The van der Waals surface area contributed by atoms with E-state index in [-0.39, 0.29) is 11.5 Å². The number of halogens is 1. The average molecular weight is 528 g/mol. The molecule has 0 fully saturated rings. The molecular weight excluding hydrogens is 502 g/mol. The number of hydrogen-bond donors (Lipinski definition) is 1. The molecule has 0 aliphatic rings. The highest BCUT2D eigenvalue weighted by molar-refractivity contribution is 6.33. The summed E-state index contributed by atoms with van der Waals surface area (Å²) in [5, 5.41) is 14.5. The first kappa shape index (κ1) is 25.3. The van der Waals surface area contributed by atoms with Crippen molar-refractivity contribution in [1.82, 2.24) is 34.7 Å². The van der Waals surface area contributed by atoms with Crippen LogP contribution in [0.25, 0.3) is 28.3 Å². The molecule has 0 aliphatic carbocycles. The van der Waals surface area contributed by atoms with Gasteiger partial charge in [-0.1, -0.05) is 55.3 Å². The minimum Gasteiger partial charge on any atom is -0.294 e. The van der Waals surface area contributed by atoms with Crippen molar-refractivity contribution in [2.24, 2.45) is 0 Å². The fourth-order valence-electron chi connectivity index (χ4n) is 4.51. The number of benzene rings is 2. The number of aromatic nitrogens is 7. The molecule has 0 bridgehead atoms. The smallest absolute Gasteiger partial charge is 0.294 e. The van der Waals surface area contributed by atoms with Gasteiger partial charge in [-0.2, -0.15) is 0 Å². The summed E-state index contributed by atoms with van der Waals surface area (Å²) in [5.74, 6) is 0.387. The van der Waals surface area contributed by atoms with E-state index in [1.54, 1.807) is 29.0 Å². The number of carbonyl (C=O) groups is 1. The molecule has 5 rings (SSSR count). The molecule has 10 heteroatoms. The van der Waals surface area contributed by atoms with Crippen molar-refractivity contribution in [1.29, 1.82) is 0 Å². The Labute approximate surface area is 224 Å². The lowest BCUT2D eigenvalue weighted by Crippen LogP contribution is -2.25. The number of H-pyrrole nitrogens is 1. The Hall–Kier alpha value is -4.37. The van der Waals surface area contributed by atoms with E-state index in [0.717, 1.165) is 47.3 Å². The number of pyridine rings is 1.